The Hall–Kier alpha value is -3.31. The van der Waals surface area contributed by atoms with Gasteiger partial charge >= 0.3 is 5.97 Å². The average molecular weight is 526 g/mol. The molecule has 2 bridgehead atoms. The van der Waals surface area contributed by atoms with Crippen LogP contribution in [-0.2, 0) is 25.8 Å². The highest BCUT2D eigenvalue weighted by Gasteiger charge is 2.79. The molecule has 2 amide bonds. The number of benzene rings is 1. The van der Waals surface area contributed by atoms with Gasteiger partial charge in [-0.2, -0.15) is 0 Å². The minimum Gasteiger partial charge on any atom is -0.481 e. The summed E-state index contributed by atoms with van der Waals surface area (Å²) in [4.78, 5) is 44.1. The molecule has 2 unspecified atom stereocenters. The molecular formula is C27H35N5O6. The summed E-state index contributed by atoms with van der Waals surface area (Å²) < 4.78 is 8.21. The number of hydrogen-bond donors (Lipinski definition) is 2. The SMILES string of the molecule is C=CCN(Cn1nnc2ccccc21)C(=O)C1N([C@@H](CO)C(C)C)C(=O)[C@@H]2[C@H](C(=O)O)[C@]3(CC)CCC12O3. The van der Waals surface area contributed by atoms with Gasteiger partial charge in [-0.05, 0) is 37.3 Å². The number of likely N-dealkylation sites (tertiary alicyclic amines) is 1. The van der Waals surface area contributed by atoms with Crippen molar-refractivity contribution < 1.29 is 29.3 Å². The zero-order valence-corrected chi connectivity index (χ0v) is 22.0. The number of carbonyl (C=O) groups is 3. The molecule has 38 heavy (non-hydrogen) atoms. The third kappa shape index (κ3) is 3.59. The fraction of sp³-hybridized carbons (Fsp3) is 0.593. The lowest BCUT2D eigenvalue weighted by Crippen LogP contribution is -2.59. The van der Waals surface area contributed by atoms with E-state index in [1.165, 1.54) is 9.80 Å². The topological polar surface area (TPSA) is 138 Å². The average Bonchev–Trinajstić information content (AvgIpc) is 3.61. The molecule has 11 heteroatoms. The van der Waals surface area contributed by atoms with Crippen LogP contribution < -0.4 is 0 Å². The molecule has 6 atom stereocenters. The van der Waals surface area contributed by atoms with Gasteiger partial charge in [-0.1, -0.05) is 44.2 Å². The van der Waals surface area contributed by atoms with E-state index in [4.69, 9.17) is 4.74 Å². The van der Waals surface area contributed by atoms with Crippen LogP contribution >= 0.6 is 0 Å². The van der Waals surface area contributed by atoms with Crippen LogP contribution in [0.1, 0.15) is 40.0 Å². The van der Waals surface area contributed by atoms with E-state index in [-0.39, 0.29) is 25.7 Å². The molecule has 1 aromatic heterocycles. The van der Waals surface area contributed by atoms with Gasteiger partial charge in [0.25, 0.3) is 0 Å². The molecule has 0 radical (unpaired) electrons. The summed E-state index contributed by atoms with van der Waals surface area (Å²) in [6.45, 7) is 9.27. The van der Waals surface area contributed by atoms with Crippen molar-refractivity contribution in [3.8, 4) is 0 Å². The first kappa shape index (κ1) is 26.3. The quantitative estimate of drug-likeness (QED) is 0.447. The van der Waals surface area contributed by atoms with Crippen molar-refractivity contribution in [2.45, 2.75) is 70.0 Å². The molecule has 2 aromatic rings. The molecule has 0 saturated carbocycles. The summed E-state index contributed by atoms with van der Waals surface area (Å²) in [6, 6.07) is 5.63. The first-order chi connectivity index (χ1) is 18.2. The largest absolute Gasteiger partial charge is 0.481 e. The number of aromatic nitrogens is 3. The smallest absolute Gasteiger partial charge is 0.310 e. The third-order valence-corrected chi connectivity index (χ3v) is 8.82. The highest BCUT2D eigenvalue weighted by atomic mass is 16.5. The van der Waals surface area contributed by atoms with E-state index < -0.39 is 52.9 Å². The molecule has 3 aliphatic heterocycles. The Balaban J connectivity index is 1.60. The second-order valence-electron chi connectivity index (χ2n) is 11.0. The number of nitrogens with zero attached hydrogens (tertiary/aromatic N) is 5. The first-order valence-corrected chi connectivity index (χ1v) is 13.2. The lowest BCUT2D eigenvalue weighted by molar-refractivity contribution is -0.161. The van der Waals surface area contributed by atoms with E-state index in [9.17, 15) is 24.6 Å². The van der Waals surface area contributed by atoms with E-state index in [2.05, 4.69) is 16.9 Å². The van der Waals surface area contributed by atoms with Crippen molar-refractivity contribution in [1.82, 2.24) is 24.8 Å². The van der Waals surface area contributed by atoms with Crippen molar-refractivity contribution in [3.63, 3.8) is 0 Å². The van der Waals surface area contributed by atoms with Gasteiger partial charge in [0.15, 0.2) is 0 Å². The molecule has 3 aliphatic rings. The van der Waals surface area contributed by atoms with Gasteiger partial charge in [0.2, 0.25) is 11.8 Å². The van der Waals surface area contributed by atoms with E-state index in [1.807, 2.05) is 45.0 Å². The molecule has 3 fully saturated rings. The van der Waals surface area contributed by atoms with Crippen LogP contribution in [0.4, 0.5) is 0 Å². The Kier molecular flexibility index (Phi) is 6.55. The summed E-state index contributed by atoms with van der Waals surface area (Å²) in [5, 5.41) is 29.0. The van der Waals surface area contributed by atoms with Crippen molar-refractivity contribution in [2.75, 3.05) is 13.2 Å². The Morgan fingerprint density at radius 2 is 2.05 bits per heavy atom. The third-order valence-electron chi connectivity index (χ3n) is 8.82. The standard InChI is InChI=1S/C27H35N5O6/c1-5-13-30(15-31-18-10-8-7-9-17(18)28-29-31)24(35)22-27-12-11-26(6-2,38-27)21(25(36)37)20(27)23(34)32(22)19(14-33)16(3)4/h5,7-10,16,19-22,33H,1,6,11-15H2,2-4H3,(H,36,37)/t19-,20-,21+,22?,26-,27?/m0/s1. The van der Waals surface area contributed by atoms with Crippen LogP contribution in [-0.4, -0.2) is 89.2 Å². The van der Waals surface area contributed by atoms with E-state index in [1.54, 1.807) is 10.8 Å². The van der Waals surface area contributed by atoms with Crippen molar-refractivity contribution in [3.05, 3.63) is 36.9 Å². The molecule has 3 saturated heterocycles. The monoisotopic (exact) mass is 525 g/mol. The lowest BCUT2D eigenvalue weighted by Gasteiger charge is -2.40. The van der Waals surface area contributed by atoms with Crippen LogP contribution in [0.25, 0.3) is 11.0 Å². The highest BCUT2D eigenvalue weighted by Crippen LogP contribution is 2.64. The van der Waals surface area contributed by atoms with E-state index >= 15 is 0 Å². The number of hydrogen-bond acceptors (Lipinski definition) is 7. The number of fused-ring (bicyclic) bond motifs is 2. The number of carbonyl (C=O) groups excluding carboxylic acids is 2. The van der Waals surface area contributed by atoms with Crippen LogP contribution in [0, 0.1) is 17.8 Å². The maximum absolute atomic E-state index is 14.5. The second-order valence-corrected chi connectivity index (χ2v) is 11.0. The number of ether oxygens (including phenoxy) is 1. The molecule has 11 nitrogen and oxygen atoms in total. The molecule has 5 rings (SSSR count). The van der Waals surface area contributed by atoms with Gasteiger partial charge in [0.05, 0.1) is 29.7 Å². The fourth-order valence-corrected chi connectivity index (χ4v) is 7.02. The number of carboxylic acids is 1. The molecule has 0 aliphatic carbocycles. The normalized spacial score (nSPS) is 30.7. The summed E-state index contributed by atoms with van der Waals surface area (Å²) in [5.41, 5.74) is -0.871. The number of para-hydroxylation sites is 1. The number of amides is 2. The maximum atomic E-state index is 14.5. The summed E-state index contributed by atoms with van der Waals surface area (Å²) in [7, 11) is 0. The first-order valence-electron chi connectivity index (χ1n) is 13.2. The van der Waals surface area contributed by atoms with Gasteiger partial charge < -0.3 is 24.7 Å². The Morgan fingerprint density at radius 3 is 2.68 bits per heavy atom. The second kappa shape index (κ2) is 9.46. The zero-order chi connectivity index (χ0) is 27.4. The number of rotatable bonds is 10. The predicted molar refractivity (Wildman–Crippen MR) is 136 cm³/mol. The van der Waals surface area contributed by atoms with Crippen molar-refractivity contribution >= 4 is 28.8 Å². The molecule has 204 valence electrons. The Labute approximate surface area is 221 Å². The van der Waals surface area contributed by atoms with Crippen molar-refractivity contribution in [2.24, 2.45) is 17.8 Å². The van der Waals surface area contributed by atoms with E-state index in [0.717, 1.165) is 5.52 Å². The lowest BCUT2D eigenvalue weighted by atomic mass is 9.65. The predicted octanol–water partition coefficient (Wildman–Crippen LogP) is 1.66. The number of carboxylic acid groups (broad SMARTS) is 1. The van der Waals surface area contributed by atoms with Gasteiger partial charge in [-0.25, -0.2) is 4.68 Å². The Morgan fingerprint density at radius 1 is 1.32 bits per heavy atom. The fourth-order valence-electron chi connectivity index (χ4n) is 7.02. The number of aliphatic carboxylic acids is 1. The summed E-state index contributed by atoms with van der Waals surface area (Å²) >= 11 is 0. The van der Waals surface area contributed by atoms with Gasteiger partial charge in [-0.3, -0.25) is 14.4 Å². The molecule has 1 aromatic carbocycles. The zero-order valence-electron chi connectivity index (χ0n) is 22.0. The Bertz CT molecular complexity index is 1280. The van der Waals surface area contributed by atoms with Crippen LogP contribution in [0.5, 0.6) is 0 Å². The van der Waals surface area contributed by atoms with Crippen LogP contribution in [0.3, 0.4) is 0 Å². The summed E-state index contributed by atoms with van der Waals surface area (Å²) in [5.74, 6) is -4.18. The van der Waals surface area contributed by atoms with Gasteiger partial charge in [0, 0.05) is 6.54 Å². The molecular weight excluding hydrogens is 490 g/mol. The van der Waals surface area contributed by atoms with E-state index in [0.29, 0.717) is 24.8 Å². The number of aliphatic hydroxyl groups excluding tert-OH is 1. The van der Waals surface area contributed by atoms with Gasteiger partial charge in [0.1, 0.15) is 29.7 Å². The van der Waals surface area contributed by atoms with Gasteiger partial charge in [-0.15, -0.1) is 11.7 Å². The minimum absolute atomic E-state index is 0.0530. The molecule has 4 heterocycles. The molecule has 1 spiro atoms. The number of aliphatic hydroxyl groups is 1. The summed E-state index contributed by atoms with van der Waals surface area (Å²) in [6.07, 6.45) is 2.85. The highest BCUT2D eigenvalue weighted by molar-refractivity contribution is 5.98. The minimum atomic E-state index is -1.29. The van der Waals surface area contributed by atoms with Crippen molar-refractivity contribution in [1.29, 1.82) is 0 Å². The molecule has 2 N–H and O–H groups in total. The van der Waals surface area contributed by atoms with Crippen LogP contribution in [0.15, 0.2) is 36.9 Å². The maximum Gasteiger partial charge on any atom is 0.310 e. The van der Waals surface area contributed by atoms with Crippen LogP contribution in [0.2, 0.25) is 0 Å².